The average Bonchev–Trinajstić information content (AvgIpc) is 2.61. The first-order valence-electron chi connectivity index (χ1n) is 5.92. The molecule has 92 valence electrons. The number of anilines is 1. The van der Waals surface area contributed by atoms with Crippen molar-refractivity contribution in [2.24, 2.45) is 11.3 Å². The van der Waals surface area contributed by atoms with Gasteiger partial charge >= 0.3 is 0 Å². The van der Waals surface area contributed by atoms with E-state index in [9.17, 15) is 4.79 Å². The summed E-state index contributed by atoms with van der Waals surface area (Å²) in [5.41, 5.74) is 0.0747. The summed E-state index contributed by atoms with van der Waals surface area (Å²) in [4.78, 5) is 16.2. The second kappa shape index (κ2) is 4.65. The summed E-state index contributed by atoms with van der Waals surface area (Å²) in [6.07, 6.45) is 4.78. The summed E-state index contributed by atoms with van der Waals surface area (Å²) in [5, 5.41) is 3.31. The molecule has 1 amide bonds. The first-order chi connectivity index (χ1) is 8.00. The van der Waals surface area contributed by atoms with E-state index in [-0.39, 0.29) is 17.2 Å². The Hall–Kier alpha value is -1.09. The number of rotatable bonds is 2. The fourth-order valence-corrected chi connectivity index (χ4v) is 2.66. The predicted octanol–water partition coefficient (Wildman–Crippen LogP) is 3.50. The topological polar surface area (TPSA) is 42.0 Å². The molecule has 1 saturated carbocycles. The maximum absolute atomic E-state index is 12.2. The van der Waals surface area contributed by atoms with E-state index in [0.717, 1.165) is 19.3 Å². The van der Waals surface area contributed by atoms with Crippen LogP contribution < -0.4 is 5.32 Å². The number of halogens is 1. The first kappa shape index (κ1) is 12.4. The minimum absolute atomic E-state index is 0.0353. The lowest BCUT2D eigenvalue weighted by atomic mass is 9.81. The molecule has 1 atom stereocenters. The van der Waals surface area contributed by atoms with E-state index in [0.29, 0.717) is 10.8 Å². The second-order valence-electron chi connectivity index (χ2n) is 5.26. The molecule has 1 heterocycles. The maximum atomic E-state index is 12.2. The number of aromatic nitrogens is 1. The van der Waals surface area contributed by atoms with Crippen molar-refractivity contribution in [1.29, 1.82) is 0 Å². The van der Waals surface area contributed by atoms with Crippen LogP contribution in [-0.2, 0) is 4.79 Å². The van der Waals surface area contributed by atoms with Gasteiger partial charge in [-0.2, -0.15) is 0 Å². The Labute approximate surface area is 107 Å². The molecule has 1 aliphatic carbocycles. The number of nitrogens with zero attached hydrogens (tertiary/aromatic N) is 1. The standard InChI is InChI=1S/C13H17ClN2O/c1-13(2)7-3-5-9(13)12(17)16-11-10(14)6-4-8-15-11/h4,6,8-9H,3,5,7H2,1-2H3,(H,15,16,17). The summed E-state index contributed by atoms with van der Waals surface area (Å²) < 4.78 is 0. The molecule has 0 saturated heterocycles. The average molecular weight is 253 g/mol. The number of hydrogen-bond acceptors (Lipinski definition) is 2. The maximum Gasteiger partial charge on any atom is 0.229 e. The van der Waals surface area contributed by atoms with Gasteiger partial charge in [0.25, 0.3) is 0 Å². The quantitative estimate of drug-likeness (QED) is 0.875. The molecule has 4 heteroatoms. The molecule has 1 aromatic rings. The highest BCUT2D eigenvalue weighted by molar-refractivity contribution is 6.33. The third-order valence-corrected chi connectivity index (χ3v) is 3.88. The Morgan fingerprint density at radius 3 is 2.94 bits per heavy atom. The highest BCUT2D eigenvalue weighted by Gasteiger charge is 2.39. The second-order valence-corrected chi connectivity index (χ2v) is 5.66. The van der Waals surface area contributed by atoms with Gasteiger partial charge < -0.3 is 5.32 Å². The summed E-state index contributed by atoms with van der Waals surface area (Å²) in [6, 6.07) is 3.47. The largest absolute Gasteiger partial charge is 0.309 e. The van der Waals surface area contributed by atoms with Gasteiger partial charge in [0.15, 0.2) is 5.82 Å². The van der Waals surface area contributed by atoms with Crippen molar-refractivity contribution < 1.29 is 4.79 Å². The van der Waals surface area contributed by atoms with Gasteiger partial charge in [0.1, 0.15) is 0 Å². The molecule has 0 bridgehead atoms. The van der Waals surface area contributed by atoms with Crippen LogP contribution in [0.4, 0.5) is 5.82 Å². The van der Waals surface area contributed by atoms with Crippen LogP contribution in [-0.4, -0.2) is 10.9 Å². The molecule has 1 aliphatic rings. The molecule has 1 fully saturated rings. The minimum Gasteiger partial charge on any atom is -0.309 e. The number of nitrogens with one attached hydrogen (secondary N) is 1. The Balaban J connectivity index is 2.10. The summed E-state index contributed by atoms with van der Waals surface area (Å²) >= 11 is 5.97. The molecule has 0 aromatic carbocycles. The number of pyridine rings is 1. The van der Waals surface area contributed by atoms with Gasteiger partial charge in [0, 0.05) is 12.1 Å². The van der Waals surface area contributed by atoms with Crippen LogP contribution in [0.2, 0.25) is 5.02 Å². The van der Waals surface area contributed by atoms with Gasteiger partial charge in [-0.15, -0.1) is 0 Å². The van der Waals surface area contributed by atoms with Crippen LogP contribution in [0.15, 0.2) is 18.3 Å². The van der Waals surface area contributed by atoms with Crippen molar-refractivity contribution in [1.82, 2.24) is 4.98 Å². The van der Waals surface area contributed by atoms with Crippen molar-refractivity contribution in [3.05, 3.63) is 23.4 Å². The Bertz CT molecular complexity index is 431. The molecule has 17 heavy (non-hydrogen) atoms. The molecule has 1 N–H and O–H groups in total. The molecular weight excluding hydrogens is 236 g/mol. The molecule has 0 spiro atoms. The monoisotopic (exact) mass is 252 g/mol. The highest BCUT2D eigenvalue weighted by Crippen LogP contribution is 2.43. The van der Waals surface area contributed by atoms with Crippen LogP contribution in [0, 0.1) is 11.3 Å². The smallest absolute Gasteiger partial charge is 0.229 e. The van der Waals surface area contributed by atoms with E-state index >= 15 is 0 Å². The lowest BCUT2D eigenvalue weighted by Gasteiger charge is -2.25. The van der Waals surface area contributed by atoms with Crippen molar-refractivity contribution in [2.45, 2.75) is 33.1 Å². The fourth-order valence-electron chi connectivity index (χ4n) is 2.49. The molecule has 0 radical (unpaired) electrons. The Morgan fingerprint density at radius 1 is 1.59 bits per heavy atom. The predicted molar refractivity (Wildman–Crippen MR) is 69.0 cm³/mol. The van der Waals surface area contributed by atoms with Crippen molar-refractivity contribution in [2.75, 3.05) is 5.32 Å². The molecule has 3 nitrogen and oxygen atoms in total. The molecule has 1 aromatic heterocycles. The van der Waals surface area contributed by atoms with Gasteiger partial charge in [0.05, 0.1) is 5.02 Å². The van der Waals surface area contributed by atoms with E-state index in [1.165, 1.54) is 0 Å². The molecular formula is C13H17ClN2O. The molecule has 0 aliphatic heterocycles. The normalized spacial score (nSPS) is 22.4. The SMILES string of the molecule is CC1(C)CCCC1C(=O)Nc1ncccc1Cl. The summed E-state index contributed by atoms with van der Waals surface area (Å²) in [7, 11) is 0. The Morgan fingerprint density at radius 2 is 2.35 bits per heavy atom. The summed E-state index contributed by atoms with van der Waals surface area (Å²) in [5.74, 6) is 0.551. The van der Waals surface area contributed by atoms with Gasteiger partial charge in [0.2, 0.25) is 5.91 Å². The zero-order chi connectivity index (χ0) is 12.5. The van der Waals surface area contributed by atoms with Crippen molar-refractivity contribution >= 4 is 23.3 Å². The van der Waals surface area contributed by atoms with E-state index in [1.807, 2.05) is 0 Å². The van der Waals surface area contributed by atoms with Crippen LogP contribution >= 0.6 is 11.6 Å². The highest BCUT2D eigenvalue weighted by atomic mass is 35.5. The third-order valence-electron chi connectivity index (χ3n) is 3.57. The lowest BCUT2D eigenvalue weighted by Crippen LogP contribution is -2.31. The summed E-state index contributed by atoms with van der Waals surface area (Å²) in [6.45, 7) is 4.29. The van der Waals surface area contributed by atoms with Crippen LogP contribution in [0.1, 0.15) is 33.1 Å². The van der Waals surface area contributed by atoms with Crippen LogP contribution in [0.25, 0.3) is 0 Å². The third kappa shape index (κ3) is 2.60. The number of amides is 1. The van der Waals surface area contributed by atoms with Crippen LogP contribution in [0.3, 0.4) is 0 Å². The van der Waals surface area contributed by atoms with Crippen molar-refractivity contribution in [3.63, 3.8) is 0 Å². The van der Waals surface area contributed by atoms with E-state index in [2.05, 4.69) is 24.1 Å². The Kier molecular flexibility index (Phi) is 3.38. The van der Waals surface area contributed by atoms with Gasteiger partial charge in [-0.05, 0) is 30.4 Å². The lowest BCUT2D eigenvalue weighted by molar-refractivity contribution is -0.122. The van der Waals surface area contributed by atoms with Gasteiger partial charge in [-0.25, -0.2) is 4.98 Å². The number of carbonyl (C=O) groups excluding carboxylic acids is 1. The van der Waals surface area contributed by atoms with Crippen molar-refractivity contribution in [3.8, 4) is 0 Å². The van der Waals surface area contributed by atoms with E-state index in [1.54, 1.807) is 18.3 Å². The molecule has 1 unspecified atom stereocenters. The number of hydrogen-bond donors (Lipinski definition) is 1. The van der Waals surface area contributed by atoms with Crippen LogP contribution in [0.5, 0.6) is 0 Å². The van der Waals surface area contributed by atoms with E-state index in [4.69, 9.17) is 11.6 Å². The van der Waals surface area contributed by atoms with Gasteiger partial charge in [-0.3, -0.25) is 4.79 Å². The zero-order valence-corrected chi connectivity index (χ0v) is 10.9. The minimum atomic E-state index is 0.0353. The number of carbonyl (C=O) groups is 1. The van der Waals surface area contributed by atoms with E-state index < -0.39 is 0 Å². The first-order valence-corrected chi connectivity index (χ1v) is 6.30. The molecule has 2 rings (SSSR count). The zero-order valence-electron chi connectivity index (χ0n) is 10.2. The van der Waals surface area contributed by atoms with Gasteiger partial charge in [-0.1, -0.05) is 31.9 Å². The fraction of sp³-hybridized carbons (Fsp3) is 0.538.